The third kappa shape index (κ3) is 5.24. The number of carboxylic acid groups (broad SMARTS) is 1. The molecule has 0 aromatic heterocycles. The zero-order chi connectivity index (χ0) is 19.2. The number of nitrogens with zero attached hydrogens (tertiary/aromatic N) is 1. The van der Waals surface area contributed by atoms with Crippen molar-refractivity contribution in [1.29, 1.82) is 0 Å². The van der Waals surface area contributed by atoms with Crippen molar-refractivity contribution in [3.05, 3.63) is 29.8 Å². The van der Waals surface area contributed by atoms with Crippen molar-refractivity contribution in [3.8, 4) is 5.75 Å². The summed E-state index contributed by atoms with van der Waals surface area (Å²) in [5.41, 5.74) is 0.902. The molecule has 1 amide bonds. The van der Waals surface area contributed by atoms with Crippen LogP contribution in [0.2, 0.25) is 0 Å². The van der Waals surface area contributed by atoms with Gasteiger partial charge in [0.1, 0.15) is 5.75 Å². The van der Waals surface area contributed by atoms with Crippen LogP contribution in [0.15, 0.2) is 24.3 Å². The van der Waals surface area contributed by atoms with Crippen LogP contribution in [0.1, 0.15) is 51.0 Å². The molecule has 27 heavy (non-hydrogen) atoms. The zero-order valence-electron chi connectivity index (χ0n) is 16.2. The number of hydrogen-bond donors (Lipinski definition) is 1. The van der Waals surface area contributed by atoms with E-state index < -0.39 is 11.9 Å². The molecule has 1 unspecified atom stereocenters. The van der Waals surface area contributed by atoms with E-state index in [1.165, 1.54) is 25.7 Å². The summed E-state index contributed by atoms with van der Waals surface area (Å²) in [4.78, 5) is 26.4. The van der Waals surface area contributed by atoms with Crippen LogP contribution in [0.3, 0.4) is 0 Å². The van der Waals surface area contributed by atoms with Crippen molar-refractivity contribution in [2.24, 2.45) is 17.8 Å². The Morgan fingerprint density at radius 1 is 1.22 bits per heavy atom. The van der Waals surface area contributed by atoms with E-state index in [-0.39, 0.29) is 12.3 Å². The van der Waals surface area contributed by atoms with Gasteiger partial charge in [-0.15, -0.1) is 0 Å². The third-order valence-electron chi connectivity index (χ3n) is 5.95. The molecule has 0 bridgehead atoms. The summed E-state index contributed by atoms with van der Waals surface area (Å²) in [6, 6.07) is 7.56. The number of likely N-dealkylation sites (tertiary alicyclic amines) is 1. The summed E-state index contributed by atoms with van der Waals surface area (Å²) in [5.74, 6) is 0.404. The molecular formula is C22H31NO4. The molecule has 1 saturated carbocycles. The number of carbonyl (C=O) groups excluding carboxylic acids is 1. The molecule has 2 aliphatic rings. The van der Waals surface area contributed by atoms with E-state index in [9.17, 15) is 14.7 Å². The van der Waals surface area contributed by atoms with E-state index in [1.54, 1.807) is 0 Å². The Morgan fingerprint density at radius 2 is 1.93 bits per heavy atom. The molecular weight excluding hydrogens is 342 g/mol. The Hall–Kier alpha value is -2.04. The topological polar surface area (TPSA) is 66.8 Å². The molecule has 0 radical (unpaired) electrons. The first-order valence-corrected chi connectivity index (χ1v) is 10.3. The van der Waals surface area contributed by atoms with E-state index in [1.807, 2.05) is 36.1 Å². The predicted octanol–water partition coefficient (Wildman–Crippen LogP) is 3.76. The van der Waals surface area contributed by atoms with Crippen LogP contribution in [0.25, 0.3) is 0 Å². The van der Waals surface area contributed by atoms with Gasteiger partial charge in [0, 0.05) is 19.5 Å². The second-order valence-corrected chi connectivity index (χ2v) is 8.04. The maximum absolute atomic E-state index is 12.7. The van der Waals surface area contributed by atoms with Crippen molar-refractivity contribution >= 4 is 11.9 Å². The highest BCUT2D eigenvalue weighted by Crippen LogP contribution is 2.36. The molecule has 5 nitrogen and oxygen atoms in total. The van der Waals surface area contributed by atoms with Crippen molar-refractivity contribution in [1.82, 2.24) is 4.90 Å². The second kappa shape index (κ2) is 9.25. The summed E-state index contributed by atoms with van der Waals surface area (Å²) in [5, 5.41) is 9.64. The summed E-state index contributed by atoms with van der Waals surface area (Å²) in [7, 11) is 0. The fourth-order valence-corrected chi connectivity index (χ4v) is 4.46. The number of aliphatic carboxylic acids is 1. The number of ether oxygens (including phenoxy) is 1. The van der Waals surface area contributed by atoms with Gasteiger partial charge in [0.2, 0.25) is 5.91 Å². The van der Waals surface area contributed by atoms with Crippen molar-refractivity contribution < 1.29 is 19.4 Å². The summed E-state index contributed by atoms with van der Waals surface area (Å²) < 4.78 is 5.63. The largest absolute Gasteiger partial charge is 0.494 e. The molecule has 2 fully saturated rings. The number of benzene rings is 1. The Balaban J connectivity index is 1.59. The number of carboxylic acids is 1. The maximum atomic E-state index is 12.7. The molecule has 1 saturated heterocycles. The van der Waals surface area contributed by atoms with Gasteiger partial charge in [-0.3, -0.25) is 9.59 Å². The minimum atomic E-state index is -0.903. The van der Waals surface area contributed by atoms with Crippen molar-refractivity contribution in [2.45, 2.75) is 51.9 Å². The highest BCUT2D eigenvalue weighted by atomic mass is 16.5. The zero-order valence-corrected chi connectivity index (χ0v) is 16.2. The van der Waals surface area contributed by atoms with Gasteiger partial charge in [-0.25, -0.2) is 0 Å². The number of amides is 1. The summed E-state index contributed by atoms with van der Waals surface area (Å²) in [6.45, 7) is 4.32. The fourth-order valence-electron chi connectivity index (χ4n) is 4.46. The van der Waals surface area contributed by atoms with Gasteiger partial charge in [-0.05, 0) is 55.2 Å². The average Bonchev–Trinajstić information content (AvgIpc) is 3.10. The number of carbonyl (C=O) groups is 2. The van der Waals surface area contributed by atoms with Crippen molar-refractivity contribution in [2.75, 3.05) is 19.7 Å². The lowest BCUT2D eigenvalue weighted by molar-refractivity contribution is -0.145. The molecule has 0 spiro atoms. The van der Waals surface area contributed by atoms with Gasteiger partial charge in [0.05, 0.1) is 12.5 Å². The Morgan fingerprint density at radius 3 is 2.56 bits per heavy atom. The Labute approximate surface area is 161 Å². The van der Waals surface area contributed by atoms with Crippen LogP contribution in [-0.2, 0) is 16.0 Å². The maximum Gasteiger partial charge on any atom is 0.307 e. The van der Waals surface area contributed by atoms with Gasteiger partial charge >= 0.3 is 5.97 Å². The molecule has 3 rings (SSSR count). The Kier molecular flexibility index (Phi) is 6.75. The van der Waals surface area contributed by atoms with E-state index in [0.717, 1.165) is 30.8 Å². The van der Waals surface area contributed by atoms with Gasteiger partial charge in [-0.1, -0.05) is 31.9 Å². The van der Waals surface area contributed by atoms with E-state index in [0.29, 0.717) is 24.9 Å². The molecule has 1 aromatic carbocycles. The van der Waals surface area contributed by atoms with E-state index >= 15 is 0 Å². The highest BCUT2D eigenvalue weighted by molar-refractivity contribution is 5.82. The van der Waals surface area contributed by atoms with Gasteiger partial charge < -0.3 is 14.7 Å². The van der Waals surface area contributed by atoms with E-state index in [2.05, 4.69) is 0 Å². The lowest BCUT2D eigenvalue weighted by atomic mass is 9.82. The number of rotatable bonds is 8. The highest BCUT2D eigenvalue weighted by Gasteiger charge is 2.37. The lowest BCUT2D eigenvalue weighted by Crippen LogP contribution is -2.33. The van der Waals surface area contributed by atoms with Crippen LogP contribution >= 0.6 is 0 Å². The first-order valence-electron chi connectivity index (χ1n) is 10.3. The molecule has 1 heterocycles. The summed E-state index contributed by atoms with van der Waals surface area (Å²) in [6.07, 6.45) is 6.30. The summed E-state index contributed by atoms with van der Waals surface area (Å²) >= 11 is 0. The standard InChI is InChI=1S/C22H31NO4/c1-2-10-27-20-9-5-6-16(12-20)11-19(22(25)26)13-21(24)23-14-17-7-3-4-8-18(17)15-23/h5-6,9,12,17-19H,2-4,7-8,10-11,13-15H2,1H3,(H,25,26)/t17-,18+,19?. The van der Waals surface area contributed by atoms with Crippen LogP contribution in [0.5, 0.6) is 5.75 Å². The van der Waals surface area contributed by atoms with Crippen LogP contribution in [0.4, 0.5) is 0 Å². The number of hydrogen-bond acceptors (Lipinski definition) is 3. The first kappa shape index (κ1) is 19.7. The minimum absolute atomic E-state index is 0.00446. The van der Waals surface area contributed by atoms with Gasteiger partial charge in [0.15, 0.2) is 0 Å². The smallest absolute Gasteiger partial charge is 0.307 e. The van der Waals surface area contributed by atoms with Crippen LogP contribution < -0.4 is 4.74 Å². The van der Waals surface area contributed by atoms with Crippen LogP contribution in [0, 0.1) is 17.8 Å². The predicted molar refractivity (Wildman–Crippen MR) is 104 cm³/mol. The molecule has 1 aliphatic heterocycles. The fraction of sp³-hybridized carbons (Fsp3) is 0.636. The first-order chi connectivity index (χ1) is 13.1. The van der Waals surface area contributed by atoms with Crippen molar-refractivity contribution in [3.63, 3.8) is 0 Å². The Bertz CT molecular complexity index is 645. The van der Waals surface area contributed by atoms with Gasteiger partial charge in [-0.2, -0.15) is 0 Å². The quantitative estimate of drug-likeness (QED) is 0.753. The number of fused-ring (bicyclic) bond motifs is 1. The third-order valence-corrected chi connectivity index (χ3v) is 5.95. The normalized spacial score (nSPS) is 22.9. The SMILES string of the molecule is CCCOc1cccc(CC(CC(=O)N2C[C@H]3CCCC[C@H]3C2)C(=O)O)c1. The minimum Gasteiger partial charge on any atom is -0.494 e. The monoisotopic (exact) mass is 373 g/mol. The molecule has 5 heteroatoms. The molecule has 148 valence electrons. The molecule has 1 aromatic rings. The second-order valence-electron chi connectivity index (χ2n) is 8.04. The van der Waals surface area contributed by atoms with E-state index in [4.69, 9.17) is 4.74 Å². The average molecular weight is 373 g/mol. The lowest BCUT2D eigenvalue weighted by Gasteiger charge is -2.22. The van der Waals surface area contributed by atoms with Gasteiger partial charge in [0.25, 0.3) is 0 Å². The molecule has 3 atom stereocenters. The molecule has 1 aliphatic carbocycles. The van der Waals surface area contributed by atoms with Crippen LogP contribution in [-0.4, -0.2) is 41.6 Å². The molecule has 1 N–H and O–H groups in total.